The monoisotopic (exact) mass is 475 g/mol. The van der Waals surface area contributed by atoms with Crippen LogP contribution in [0.15, 0.2) is 71.0 Å². The van der Waals surface area contributed by atoms with Gasteiger partial charge in [0.2, 0.25) is 5.88 Å². The molecule has 0 amide bonds. The van der Waals surface area contributed by atoms with Gasteiger partial charge in [0.05, 0.1) is 34.4 Å². The summed E-state index contributed by atoms with van der Waals surface area (Å²) in [5, 5.41) is 9.98. The van der Waals surface area contributed by atoms with Gasteiger partial charge in [-0.3, -0.25) is 0 Å². The van der Waals surface area contributed by atoms with E-state index in [2.05, 4.69) is 11.0 Å². The molecule has 0 unspecified atom stereocenters. The maximum absolute atomic E-state index is 9.98. The van der Waals surface area contributed by atoms with E-state index >= 15 is 0 Å². The smallest absolute Gasteiger partial charge is 0.205 e. The second kappa shape index (κ2) is 9.94. The number of nitrogens with two attached hydrogens (primary N) is 1. The van der Waals surface area contributed by atoms with Crippen LogP contribution in [0.4, 0.5) is 0 Å². The second-order valence-corrected chi connectivity index (χ2v) is 8.33. The zero-order chi connectivity index (χ0) is 25.1. The number of nitriles is 1. The molecule has 8 heteroatoms. The lowest BCUT2D eigenvalue weighted by Gasteiger charge is -2.36. The average molecular weight is 476 g/mol. The van der Waals surface area contributed by atoms with Crippen LogP contribution in [0.25, 0.3) is 0 Å². The molecule has 0 fully saturated rings. The average Bonchev–Trinajstić information content (AvgIpc) is 2.87. The maximum atomic E-state index is 9.98. The predicted molar refractivity (Wildman–Crippen MR) is 131 cm³/mol. The fourth-order valence-electron chi connectivity index (χ4n) is 4.61. The minimum absolute atomic E-state index is 0.105. The predicted octanol–water partition coefficient (Wildman–Crippen LogP) is 3.85. The van der Waals surface area contributed by atoms with Crippen molar-refractivity contribution in [2.75, 3.05) is 42.0 Å². The fraction of sp³-hybridized carbons (Fsp3) is 0.296. The van der Waals surface area contributed by atoms with Crippen molar-refractivity contribution in [2.45, 2.75) is 12.3 Å². The molecule has 0 bridgehead atoms. The molecular formula is C27H29N3O5. The Morgan fingerprint density at radius 1 is 0.971 bits per heavy atom. The van der Waals surface area contributed by atoms with Crippen LogP contribution in [-0.4, -0.2) is 46.9 Å². The van der Waals surface area contributed by atoms with E-state index in [0.717, 1.165) is 22.3 Å². The summed E-state index contributed by atoms with van der Waals surface area (Å²) in [6, 6.07) is 13.7. The number of methoxy groups -OCH3 is 4. The Kier molecular flexibility index (Phi) is 6.78. The molecule has 2 heterocycles. The van der Waals surface area contributed by atoms with Crippen molar-refractivity contribution in [3.05, 3.63) is 82.1 Å². The van der Waals surface area contributed by atoms with Gasteiger partial charge in [0.1, 0.15) is 17.4 Å². The lowest BCUT2D eigenvalue weighted by atomic mass is 9.80. The minimum atomic E-state index is -0.375. The first-order valence-corrected chi connectivity index (χ1v) is 11.1. The van der Waals surface area contributed by atoms with E-state index in [4.69, 9.17) is 29.4 Å². The Balaban J connectivity index is 1.79. The molecule has 0 aliphatic carbocycles. The first-order chi connectivity index (χ1) is 16.9. The van der Waals surface area contributed by atoms with Crippen LogP contribution in [0, 0.1) is 11.3 Å². The van der Waals surface area contributed by atoms with E-state index in [0.29, 0.717) is 47.3 Å². The van der Waals surface area contributed by atoms with Gasteiger partial charge in [0, 0.05) is 37.4 Å². The van der Waals surface area contributed by atoms with Crippen LogP contribution >= 0.6 is 0 Å². The SMILES string of the molecule is COc1ccc(CC2=CN(C)CC3=C2OC(N)=C(C#N)[C@H]3c2ccc(OC)c(OC)c2)cc1OC. The van der Waals surface area contributed by atoms with Crippen LogP contribution in [0.1, 0.15) is 17.0 Å². The molecular weight excluding hydrogens is 446 g/mol. The Labute approximate surface area is 205 Å². The second-order valence-electron chi connectivity index (χ2n) is 8.33. The molecule has 0 saturated heterocycles. The van der Waals surface area contributed by atoms with Gasteiger partial charge in [-0.2, -0.15) is 5.26 Å². The van der Waals surface area contributed by atoms with Crippen molar-refractivity contribution in [2.24, 2.45) is 5.73 Å². The standard InChI is InChI=1S/C27H29N3O5/c1-30-14-18(10-16-6-8-21(31-2)23(11-16)33-4)26-20(15-30)25(19(13-28)27(29)35-26)17-7-9-22(32-3)24(12-17)34-5/h6-9,11-12,14,25H,10,15,29H2,1-5H3/t25-/m1/s1. The molecule has 0 radical (unpaired) electrons. The van der Waals surface area contributed by atoms with Gasteiger partial charge >= 0.3 is 0 Å². The van der Waals surface area contributed by atoms with Gasteiger partial charge in [-0.1, -0.05) is 12.1 Å². The Morgan fingerprint density at radius 3 is 2.23 bits per heavy atom. The van der Waals surface area contributed by atoms with Gasteiger partial charge in [-0.15, -0.1) is 0 Å². The van der Waals surface area contributed by atoms with Crippen molar-refractivity contribution >= 4 is 0 Å². The van der Waals surface area contributed by atoms with E-state index in [1.807, 2.05) is 49.6 Å². The summed E-state index contributed by atoms with van der Waals surface area (Å²) in [4.78, 5) is 2.09. The summed E-state index contributed by atoms with van der Waals surface area (Å²) in [6.45, 7) is 0.586. The van der Waals surface area contributed by atoms with Crippen LogP contribution < -0.4 is 24.7 Å². The normalized spacial score (nSPS) is 17.2. The third-order valence-electron chi connectivity index (χ3n) is 6.20. The van der Waals surface area contributed by atoms with Crippen LogP contribution in [0.5, 0.6) is 23.0 Å². The molecule has 2 N–H and O–H groups in total. The highest BCUT2D eigenvalue weighted by Crippen LogP contribution is 2.45. The van der Waals surface area contributed by atoms with E-state index in [9.17, 15) is 5.26 Å². The van der Waals surface area contributed by atoms with Crippen molar-refractivity contribution in [1.82, 2.24) is 4.90 Å². The van der Waals surface area contributed by atoms with Gasteiger partial charge in [0.15, 0.2) is 23.0 Å². The number of allylic oxidation sites excluding steroid dienone is 2. The first-order valence-electron chi connectivity index (χ1n) is 11.1. The molecule has 2 aromatic carbocycles. The summed E-state index contributed by atoms with van der Waals surface area (Å²) in [5.41, 5.74) is 10.5. The summed E-state index contributed by atoms with van der Waals surface area (Å²) in [6.07, 6.45) is 2.63. The highest BCUT2D eigenvalue weighted by atomic mass is 16.5. The lowest BCUT2D eigenvalue weighted by molar-refractivity contribution is 0.270. The Bertz CT molecular complexity index is 1270. The largest absolute Gasteiger partial charge is 0.493 e. The maximum Gasteiger partial charge on any atom is 0.205 e. The van der Waals surface area contributed by atoms with E-state index in [-0.39, 0.29) is 11.8 Å². The number of ether oxygens (including phenoxy) is 5. The van der Waals surface area contributed by atoms with E-state index in [1.54, 1.807) is 28.4 Å². The quantitative estimate of drug-likeness (QED) is 0.645. The molecule has 2 aliphatic heterocycles. The number of rotatable bonds is 7. The van der Waals surface area contributed by atoms with Gasteiger partial charge < -0.3 is 34.3 Å². The molecule has 1 atom stereocenters. The van der Waals surface area contributed by atoms with Crippen LogP contribution in [0.2, 0.25) is 0 Å². The van der Waals surface area contributed by atoms with Gasteiger partial charge in [-0.05, 0) is 35.4 Å². The zero-order valence-electron chi connectivity index (χ0n) is 20.5. The third kappa shape index (κ3) is 4.45. The zero-order valence-corrected chi connectivity index (χ0v) is 20.5. The van der Waals surface area contributed by atoms with Crippen LogP contribution in [0.3, 0.4) is 0 Å². The topological polar surface area (TPSA) is 99.2 Å². The highest BCUT2D eigenvalue weighted by Gasteiger charge is 2.36. The summed E-state index contributed by atoms with van der Waals surface area (Å²) in [7, 11) is 8.40. The third-order valence-corrected chi connectivity index (χ3v) is 6.20. The number of hydrogen-bond donors (Lipinski definition) is 1. The Hall–Kier alpha value is -4.25. The molecule has 0 aromatic heterocycles. The fourth-order valence-corrected chi connectivity index (χ4v) is 4.61. The summed E-state index contributed by atoms with van der Waals surface area (Å²) >= 11 is 0. The highest BCUT2D eigenvalue weighted by molar-refractivity contribution is 5.57. The van der Waals surface area contributed by atoms with E-state index in [1.165, 1.54) is 0 Å². The molecule has 182 valence electrons. The minimum Gasteiger partial charge on any atom is -0.493 e. The molecule has 35 heavy (non-hydrogen) atoms. The van der Waals surface area contributed by atoms with Gasteiger partial charge in [0.25, 0.3) is 0 Å². The number of hydrogen-bond acceptors (Lipinski definition) is 8. The molecule has 0 saturated carbocycles. The van der Waals surface area contributed by atoms with E-state index < -0.39 is 0 Å². The number of nitrogens with zero attached hydrogens (tertiary/aromatic N) is 2. The molecule has 8 nitrogen and oxygen atoms in total. The molecule has 2 aliphatic rings. The molecule has 0 spiro atoms. The van der Waals surface area contributed by atoms with Crippen molar-refractivity contribution in [3.8, 4) is 29.1 Å². The van der Waals surface area contributed by atoms with Crippen molar-refractivity contribution in [3.63, 3.8) is 0 Å². The first kappa shape index (κ1) is 23.9. The number of likely N-dealkylation sites (N-methyl/N-ethyl adjacent to an activating group) is 1. The summed E-state index contributed by atoms with van der Waals surface area (Å²) in [5.74, 6) is 2.94. The molecule has 4 rings (SSSR count). The Morgan fingerprint density at radius 2 is 1.60 bits per heavy atom. The summed E-state index contributed by atoms with van der Waals surface area (Å²) < 4.78 is 27.8. The van der Waals surface area contributed by atoms with Crippen molar-refractivity contribution in [1.29, 1.82) is 5.26 Å². The van der Waals surface area contributed by atoms with Crippen molar-refractivity contribution < 1.29 is 23.7 Å². The van der Waals surface area contributed by atoms with Gasteiger partial charge in [-0.25, -0.2) is 0 Å². The number of benzene rings is 2. The lowest BCUT2D eigenvalue weighted by Crippen LogP contribution is -2.31. The van der Waals surface area contributed by atoms with Crippen LogP contribution in [-0.2, 0) is 11.2 Å². The molecule has 2 aromatic rings.